The quantitative estimate of drug-likeness (QED) is 0.757. The molecule has 1 unspecified atom stereocenters. The largest absolute Gasteiger partial charge is 0.303 e. The molecule has 0 bridgehead atoms. The molecule has 0 aliphatic carbocycles. The van der Waals surface area contributed by atoms with Crippen molar-refractivity contribution >= 4 is 17.6 Å². The van der Waals surface area contributed by atoms with Gasteiger partial charge in [0.2, 0.25) is 0 Å². The van der Waals surface area contributed by atoms with Gasteiger partial charge in [0.25, 0.3) is 0 Å². The van der Waals surface area contributed by atoms with Crippen molar-refractivity contribution in [2.45, 2.75) is 19.3 Å². The fraction of sp³-hybridized carbons (Fsp3) is 0.231. The first-order chi connectivity index (χ1) is 7.79. The van der Waals surface area contributed by atoms with E-state index in [1.54, 1.807) is 6.20 Å². The molecule has 0 saturated heterocycles. The molecule has 3 heteroatoms. The molecule has 0 aliphatic heterocycles. The fourth-order valence-corrected chi connectivity index (χ4v) is 2.29. The maximum absolute atomic E-state index is 11.0. The van der Waals surface area contributed by atoms with Gasteiger partial charge >= 0.3 is 0 Å². The van der Waals surface area contributed by atoms with E-state index in [1.165, 1.54) is 22.5 Å². The standard InChI is InChI=1S/C13H13NOS/c1-10-2-4-11(5-3-10)8-12(9-15)13-14-6-7-16-13/h2-7,9,12H,8H2,1H3. The van der Waals surface area contributed by atoms with Crippen molar-refractivity contribution in [2.24, 2.45) is 0 Å². The SMILES string of the molecule is Cc1ccc(CC(C=O)c2nccs2)cc1. The highest BCUT2D eigenvalue weighted by Gasteiger charge is 2.13. The van der Waals surface area contributed by atoms with Gasteiger partial charge in [0.15, 0.2) is 0 Å². The lowest BCUT2D eigenvalue weighted by molar-refractivity contribution is -0.109. The lowest BCUT2D eigenvalue weighted by Crippen LogP contribution is -2.03. The smallest absolute Gasteiger partial charge is 0.130 e. The molecule has 1 aromatic heterocycles. The van der Waals surface area contributed by atoms with Crippen LogP contribution in [0.2, 0.25) is 0 Å². The van der Waals surface area contributed by atoms with Gasteiger partial charge in [-0.2, -0.15) is 0 Å². The first-order valence-electron chi connectivity index (χ1n) is 5.20. The summed E-state index contributed by atoms with van der Waals surface area (Å²) in [6, 6.07) is 8.27. The Morgan fingerprint density at radius 1 is 1.38 bits per heavy atom. The third-order valence-electron chi connectivity index (χ3n) is 2.51. The number of thiazole rings is 1. The van der Waals surface area contributed by atoms with Crippen LogP contribution in [0, 0.1) is 6.92 Å². The fourth-order valence-electron chi connectivity index (χ4n) is 1.59. The van der Waals surface area contributed by atoms with E-state index >= 15 is 0 Å². The summed E-state index contributed by atoms with van der Waals surface area (Å²) in [4.78, 5) is 15.2. The average molecular weight is 231 g/mol. The number of aldehydes is 1. The Labute approximate surface area is 99.0 Å². The number of aryl methyl sites for hydroxylation is 1. The molecule has 82 valence electrons. The zero-order chi connectivity index (χ0) is 11.4. The van der Waals surface area contributed by atoms with Crippen molar-refractivity contribution in [1.82, 2.24) is 4.98 Å². The van der Waals surface area contributed by atoms with E-state index in [0.717, 1.165) is 17.7 Å². The number of nitrogens with zero attached hydrogens (tertiary/aromatic N) is 1. The molecule has 1 heterocycles. The van der Waals surface area contributed by atoms with E-state index in [1.807, 2.05) is 5.38 Å². The van der Waals surface area contributed by atoms with Gasteiger partial charge in [0.05, 0.1) is 5.92 Å². The Morgan fingerprint density at radius 3 is 2.69 bits per heavy atom. The summed E-state index contributed by atoms with van der Waals surface area (Å²) in [5.41, 5.74) is 2.42. The Kier molecular flexibility index (Phi) is 3.47. The molecule has 0 saturated carbocycles. The molecule has 0 amide bonds. The number of carbonyl (C=O) groups excluding carboxylic acids is 1. The third-order valence-corrected chi connectivity index (χ3v) is 3.42. The van der Waals surface area contributed by atoms with E-state index in [2.05, 4.69) is 36.2 Å². The van der Waals surface area contributed by atoms with Gasteiger partial charge in [-0.1, -0.05) is 29.8 Å². The first-order valence-corrected chi connectivity index (χ1v) is 6.08. The third kappa shape index (κ3) is 2.55. The van der Waals surface area contributed by atoms with Crippen LogP contribution in [-0.4, -0.2) is 11.3 Å². The van der Waals surface area contributed by atoms with Crippen molar-refractivity contribution in [1.29, 1.82) is 0 Å². The van der Waals surface area contributed by atoms with Crippen LogP contribution in [0.15, 0.2) is 35.8 Å². The summed E-state index contributed by atoms with van der Waals surface area (Å²) in [5.74, 6) is -0.109. The molecule has 0 spiro atoms. The first kappa shape index (κ1) is 11.0. The monoisotopic (exact) mass is 231 g/mol. The lowest BCUT2D eigenvalue weighted by atomic mass is 10.0. The average Bonchev–Trinajstić information content (AvgIpc) is 2.82. The molecule has 2 rings (SSSR count). The maximum Gasteiger partial charge on any atom is 0.130 e. The van der Waals surface area contributed by atoms with Crippen LogP contribution in [0.4, 0.5) is 0 Å². The Bertz CT molecular complexity index is 447. The normalized spacial score (nSPS) is 12.3. The van der Waals surface area contributed by atoms with E-state index < -0.39 is 0 Å². The molecule has 0 radical (unpaired) electrons. The Hall–Kier alpha value is -1.48. The van der Waals surface area contributed by atoms with Crippen molar-refractivity contribution < 1.29 is 4.79 Å². The summed E-state index contributed by atoms with van der Waals surface area (Å²) in [6.45, 7) is 2.06. The van der Waals surface area contributed by atoms with E-state index in [-0.39, 0.29) is 5.92 Å². The van der Waals surface area contributed by atoms with Crippen LogP contribution in [0.3, 0.4) is 0 Å². The van der Waals surface area contributed by atoms with Gasteiger partial charge in [-0.25, -0.2) is 4.98 Å². The topological polar surface area (TPSA) is 30.0 Å². The van der Waals surface area contributed by atoms with Gasteiger partial charge in [-0.3, -0.25) is 0 Å². The zero-order valence-corrected chi connectivity index (χ0v) is 9.91. The highest BCUT2D eigenvalue weighted by atomic mass is 32.1. The van der Waals surface area contributed by atoms with Gasteiger partial charge < -0.3 is 4.79 Å². The van der Waals surface area contributed by atoms with Crippen LogP contribution in [0.25, 0.3) is 0 Å². The summed E-state index contributed by atoms with van der Waals surface area (Å²) < 4.78 is 0. The summed E-state index contributed by atoms with van der Waals surface area (Å²) in [5, 5.41) is 2.80. The molecule has 1 aromatic carbocycles. The molecular weight excluding hydrogens is 218 g/mol. The van der Waals surface area contributed by atoms with E-state index in [4.69, 9.17) is 0 Å². The zero-order valence-electron chi connectivity index (χ0n) is 9.09. The van der Waals surface area contributed by atoms with Crippen molar-refractivity contribution in [3.8, 4) is 0 Å². The lowest BCUT2D eigenvalue weighted by Gasteiger charge is -2.07. The van der Waals surface area contributed by atoms with Gasteiger partial charge in [0, 0.05) is 11.6 Å². The minimum Gasteiger partial charge on any atom is -0.303 e. The number of hydrogen-bond donors (Lipinski definition) is 0. The highest BCUT2D eigenvalue weighted by Crippen LogP contribution is 2.21. The molecule has 0 fully saturated rings. The van der Waals surface area contributed by atoms with Gasteiger partial charge in [0.1, 0.15) is 11.3 Å². The Balaban J connectivity index is 2.13. The van der Waals surface area contributed by atoms with Crippen LogP contribution in [-0.2, 0) is 11.2 Å². The highest BCUT2D eigenvalue weighted by molar-refractivity contribution is 7.09. The molecular formula is C13H13NOS. The number of carbonyl (C=O) groups is 1. The summed E-state index contributed by atoms with van der Waals surface area (Å²) in [7, 11) is 0. The molecule has 0 N–H and O–H groups in total. The van der Waals surface area contributed by atoms with Gasteiger partial charge in [-0.15, -0.1) is 11.3 Å². The summed E-state index contributed by atoms with van der Waals surface area (Å²) in [6.07, 6.45) is 3.46. The number of benzene rings is 1. The van der Waals surface area contributed by atoms with Crippen molar-refractivity contribution in [3.63, 3.8) is 0 Å². The predicted octanol–water partition coefficient (Wildman–Crippen LogP) is 2.98. The second kappa shape index (κ2) is 5.03. The van der Waals surface area contributed by atoms with E-state index in [0.29, 0.717) is 0 Å². The molecule has 2 nitrogen and oxygen atoms in total. The number of aromatic nitrogens is 1. The second-order valence-corrected chi connectivity index (χ2v) is 4.73. The van der Waals surface area contributed by atoms with Crippen LogP contribution in [0.1, 0.15) is 22.1 Å². The molecule has 16 heavy (non-hydrogen) atoms. The Morgan fingerprint density at radius 2 is 2.12 bits per heavy atom. The van der Waals surface area contributed by atoms with Crippen molar-refractivity contribution in [2.75, 3.05) is 0 Å². The second-order valence-electron chi connectivity index (χ2n) is 3.80. The number of hydrogen-bond acceptors (Lipinski definition) is 3. The van der Waals surface area contributed by atoms with Crippen LogP contribution >= 0.6 is 11.3 Å². The predicted molar refractivity (Wildman–Crippen MR) is 65.8 cm³/mol. The minimum atomic E-state index is -0.109. The van der Waals surface area contributed by atoms with Crippen LogP contribution < -0.4 is 0 Å². The number of rotatable bonds is 4. The van der Waals surface area contributed by atoms with Gasteiger partial charge in [-0.05, 0) is 18.9 Å². The molecule has 1 atom stereocenters. The van der Waals surface area contributed by atoms with E-state index in [9.17, 15) is 4.79 Å². The maximum atomic E-state index is 11.0. The molecule has 0 aliphatic rings. The van der Waals surface area contributed by atoms with Crippen molar-refractivity contribution in [3.05, 3.63) is 52.0 Å². The van der Waals surface area contributed by atoms with Crippen LogP contribution in [0.5, 0.6) is 0 Å². The molecule has 2 aromatic rings. The minimum absolute atomic E-state index is 0.109. The summed E-state index contributed by atoms with van der Waals surface area (Å²) >= 11 is 1.54.